The lowest BCUT2D eigenvalue weighted by Gasteiger charge is -2.13. The van der Waals surface area contributed by atoms with E-state index in [4.69, 9.17) is 14.5 Å². The number of para-hydroxylation sites is 1. The standard InChI is InChI=1S/C23H21N3O3S/c1-28-18-8-10-19(11-9-18)29-13-14-30-23-25-21-7-3-2-6-20(21)22(27)26(23)16-17-5-4-12-24-15-17/h2-12,15H,13-14,16H2,1H3. The van der Waals surface area contributed by atoms with Crippen molar-refractivity contribution in [2.24, 2.45) is 0 Å². The van der Waals surface area contributed by atoms with E-state index in [1.807, 2.05) is 60.7 Å². The maximum absolute atomic E-state index is 13.1. The van der Waals surface area contributed by atoms with Gasteiger partial charge in [-0.2, -0.15) is 0 Å². The van der Waals surface area contributed by atoms with Gasteiger partial charge in [0.1, 0.15) is 11.5 Å². The lowest BCUT2D eigenvalue weighted by Crippen LogP contribution is -2.24. The minimum absolute atomic E-state index is 0.0528. The molecule has 0 aliphatic heterocycles. The van der Waals surface area contributed by atoms with Crippen LogP contribution in [-0.2, 0) is 6.54 Å². The van der Waals surface area contributed by atoms with Gasteiger partial charge in [0.15, 0.2) is 5.16 Å². The molecule has 0 atom stereocenters. The number of fused-ring (bicyclic) bond motifs is 1. The van der Waals surface area contributed by atoms with Gasteiger partial charge in [-0.3, -0.25) is 14.3 Å². The van der Waals surface area contributed by atoms with Crippen LogP contribution in [0, 0.1) is 0 Å². The van der Waals surface area contributed by atoms with E-state index in [1.54, 1.807) is 24.1 Å². The van der Waals surface area contributed by atoms with Gasteiger partial charge >= 0.3 is 0 Å². The fourth-order valence-electron chi connectivity index (χ4n) is 3.04. The fraction of sp³-hybridized carbons (Fsp3) is 0.174. The first-order valence-electron chi connectivity index (χ1n) is 9.53. The molecule has 152 valence electrons. The molecule has 2 aromatic heterocycles. The van der Waals surface area contributed by atoms with Gasteiger partial charge < -0.3 is 9.47 Å². The zero-order chi connectivity index (χ0) is 20.8. The summed E-state index contributed by atoms with van der Waals surface area (Å²) >= 11 is 1.50. The Morgan fingerprint density at radius 2 is 1.80 bits per heavy atom. The van der Waals surface area contributed by atoms with Gasteiger partial charge in [-0.05, 0) is 48.0 Å². The SMILES string of the molecule is COc1ccc(OCCSc2nc3ccccc3c(=O)n2Cc2cccnc2)cc1. The molecule has 0 amide bonds. The molecule has 0 unspecified atom stereocenters. The Balaban J connectivity index is 1.52. The normalized spacial score (nSPS) is 10.8. The van der Waals surface area contributed by atoms with E-state index in [9.17, 15) is 4.79 Å². The average molecular weight is 420 g/mol. The molecule has 0 N–H and O–H groups in total. The number of rotatable bonds is 8. The van der Waals surface area contributed by atoms with Crippen LogP contribution in [-0.4, -0.2) is 34.0 Å². The van der Waals surface area contributed by atoms with Gasteiger partial charge in [0.05, 0.1) is 31.2 Å². The van der Waals surface area contributed by atoms with Crippen LogP contribution in [0.4, 0.5) is 0 Å². The van der Waals surface area contributed by atoms with Crippen molar-refractivity contribution in [3.8, 4) is 11.5 Å². The van der Waals surface area contributed by atoms with Crippen molar-refractivity contribution in [3.63, 3.8) is 0 Å². The number of thioether (sulfide) groups is 1. The van der Waals surface area contributed by atoms with E-state index in [-0.39, 0.29) is 5.56 Å². The first-order chi connectivity index (χ1) is 14.7. The maximum Gasteiger partial charge on any atom is 0.262 e. The number of aromatic nitrogens is 3. The molecule has 0 saturated heterocycles. The second-order valence-corrected chi connectivity index (χ2v) is 7.60. The second kappa shape index (κ2) is 9.45. The predicted octanol–water partition coefficient (Wildman–Crippen LogP) is 4.02. The molecule has 0 fully saturated rings. The van der Waals surface area contributed by atoms with Crippen LogP contribution in [0.15, 0.2) is 83.0 Å². The number of ether oxygens (including phenoxy) is 2. The number of pyridine rings is 1. The fourth-order valence-corrected chi connectivity index (χ4v) is 3.85. The monoisotopic (exact) mass is 419 g/mol. The van der Waals surface area contributed by atoms with E-state index in [0.717, 1.165) is 17.1 Å². The van der Waals surface area contributed by atoms with Crippen molar-refractivity contribution >= 4 is 22.7 Å². The zero-order valence-electron chi connectivity index (χ0n) is 16.5. The number of methoxy groups -OCH3 is 1. The first-order valence-corrected chi connectivity index (χ1v) is 10.5. The zero-order valence-corrected chi connectivity index (χ0v) is 17.3. The van der Waals surface area contributed by atoms with E-state index in [2.05, 4.69) is 4.98 Å². The molecular formula is C23H21N3O3S. The minimum Gasteiger partial charge on any atom is -0.497 e. The van der Waals surface area contributed by atoms with Gasteiger partial charge in [0.25, 0.3) is 5.56 Å². The van der Waals surface area contributed by atoms with Gasteiger partial charge in [-0.1, -0.05) is 30.0 Å². The van der Waals surface area contributed by atoms with Crippen LogP contribution in [0.5, 0.6) is 11.5 Å². The summed E-state index contributed by atoms with van der Waals surface area (Å²) in [5, 5.41) is 1.28. The summed E-state index contributed by atoms with van der Waals surface area (Å²) in [5.74, 6) is 2.22. The highest BCUT2D eigenvalue weighted by molar-refractivity contribution is 7.99. The molecule has 6 nitrogen and oxygen atoms in total. The van der Waals surface area contributed by atoms with Gasteiger partial charge in [0, 0.05) is 18.1 Å². The highest BCUT2D eigenvalue weighted by Crippen LogP contribution is 2.20. The molecule has 0 bridgehead atoms. The van der Waals surface area contributed by atoms with Crippen LogP contribution in [0.25, 0.3) is 10.9 Å². The molecular weight excluding hydrogens is 398 g/mol. The number of hydrogen-bond acceptors (Lipinski definition) is 6. The Bertz CT molecular complexity index is 1180. The maximum atomic E-state index is 13.1. The van der Waals surface area contributed by atoms with E-state index in [0.29, 0.717) is 35.0 Å². The Morgan fingerprint density at radius 1 is 1.00 bits per heavy atom. The van der Waals surface area contributed by atoms with Crippen LogP contribution >= 0.6 is 11.8 Å². The number of benzene rings is 2. The van der Waals surface area contributed by atoms with Gasteiger partial charge in [-0.15, -0.1) is 0 Å². The average Bonchev–Trinajstić information content (AvgIpc) is 2.80. The van der Waals surface area contributed by atoms with Crippen molar-refractivity contribution in [2.45, 2.75) is 11.7 Å². The number of hydrogen-bond donors (Lipinski definition) is 0. The Hall–Kier alpha value is -3.32. The molecule has 30 heavy (non-hydrogen) atoms. The molecule has 0 aliphatic rings. The van der Waals surface area contributed by atoms with Crippen molar-refractivity contribution in [3.05, 3.63) is 89.0 Å². The van der Waals surface area contributed by atoms with E-state index in [1.165, 1.54) is 11.8 Å². The number of nitrogens with zero attached hydrogens (tertiary/aromatic N) is 3. The molecule has 2 heterocycles. The molecule has 4 rings (SSSR count). The summed E-state index contributed by atoms with van der Waals surface area (Å²) in [6, 6.07) is 18.7. The summed E-state index contributed by atoms with van der Waals surface area (Å²) in [6.07, 6.45) is 3.49. The molecule has 0 spiro atoms. The third-order valence-electron chi connectivity index (χ3n) is 4.53. The summed E-state index contributed by atoms with van der Waals surface area (Å²) < 4.78 is 12.7. The Kier molecular flexibility index (Phi) is 6.29. The van der Waals surface area contributed by atoms with Crippen LogP contribution in [0.3, 0.4) is 0 Å². The molecule has 0 radical (unpaired) electrons. The Labute approximate surface area is 178 Å². The molecule has 0 saturated carbocycles. The largest absolute Gasteiger partial charge is 0.497 e. The molecule has 4 aromatic rings. The predicted molar refractivity (Wildman–Crippen MR) is 119 cm³/mol. The summed E-state index contributed by atoms with van der Waals surface area (Å²) in [5.41, 5.74) is 1.60. The summed E-state index contributed by atoms with van der Waals surface area (Å²) in [7, 11) is 1.63. The van der Waals surface area contributed by atoms with Crippen LogP contribution < -0.4 is 15.0 Å². The van der Waals surface area contributed by atoms with Crippen molar-refractivity contribution in [2.75, 3.05) is 19.5 Å². The molecule has 2 aromatic carbocycles. The van der Waals surface area contributed by atoms with E-state index >= 15 is 0 Å². The van der Waals surface area contributed by atoms with Crippen molar-refractivity contribution < 1.29 is 9.47 Å². The Morgan fingerprint density at radius 3 is 2.57 bits per heavy atom. The van der Waals surface area contributed by atoms with Crippen molar-refractivity contribution in [1.29, 1.82) is 0 Å². The second-order valence-electron chi connectivity index (χ2n) is 6.54. The third-order valence-corrected chi connectivity index (χ3v) is 5.47. The lowest BCUT2D eigenvalue weighted by molar-refractivity contribution is 0.342. The summed E-state index contributed by atoms with van der Waals surface area (Å²) in [4.78, 5) is 22.0. The third kappa shape index (κ3) is 4.63. The summed E-state index contributed by atoms with van der Waals surface area (Å²) in [6.45, 7) is 0.915. The smallest absolute Gasteiger partial charge is 0.262 e. The molecule has 7 heteroatoms. The lowest BCUT2D eigenvalue weighted by atomic mass is 10.2. The van der Waals surface area contributed by atoms with E-state index < -0.39 is 0 Å². The first kappa shape index (κ1) is 20.0. The highest BCUT2D eigenvalue weighted by Gasteiger charge is 2.12. The quantitative estimate of drug-likeness (QED) is 0.244. The topological polar surface area (TPSA) is 66.2 Å². The van der Waals surface area contributed by atoms with Gasteiger partial charge in [-0.25, -0.2) is 4.98 Å². The van der Waals surface area contributed by atoms with Crippen molar-refractivity contribution in [1.82, 2.24) is 14.5 Å². The highest BCUT2D eigenvalue weighted by atomic mass is 32.2. The van der Waals surface area contributed by atoms with Crippen LogP contribution in [0.2, 0.25) is 0 Å². The van der Waals surface area contributed by atoms with Crippen LogP contribution in [0.1, 0.15) is 5.56 Å². The van der Waals surface area contributed by atoms with Gasteiger partial charge in [0.2, 0.25) is 0 Å². The molecule has 0 aliphatic carbocycles. The minimum atomic E-state index is -0.0528.